The van der Waals surface area contributed by atoms with Gasteiger partial charge >= 0.3 is 0 Å². The molecule has 0 saturated heterocycles. The van der Waals surface area contributed by atoms with Gasteiger partial charge in [0.25, 0.3) is 5.56 Å². The number of aromatic nitrogens is 5. The molecule has 0 unspecified atom stereocenters. The van der Waals surface area contributed by atoms with Crippen molar-refractivity contribution in [2.24, 2.45) is 0 Å². The van der Waals surface area contributed by atoms with Gasteiger partial charge in [0.2, 0.25) is 20.8 Å². The molecule has 0 aliphatic rings. The van der Waals surface area contributed by atoms with E-state index in [2.05, 4.69) is 9.97 Å². The third-order valence-electron chi connectivity index (χ3n) is 5.13. The number of imidazole rings is 1. The third-order valence-corrected chi connectivity index (χ3v) is 5.99. The zero-order chi connectivity index (χ0) is 21.2. The van der Waals surface area contributed by atoms with Crippen molar-refractivity contribution < 1.29 is 8.42 Å². The molecule has 30 heavy (non-hydrogen) atoms. The third kappa shape index (κ3) is 2.55. The lowest BCUT2D eigenvalue weighted by Crippen LogP contribution is -2.24. The average Bonchev–Trinajstić information content (AvgIpc) is 3.08. The zero-order valence-corrected chi connectivity index (χ0v) is 17.3. The summed E-state index contributed by atoms with van der Waals surface area (Å²) in [5, 5.41) is -0.126. The Balaban J connectivity index is 2.10. The van der Waals surface area contributed by atoms with Crippen molar-refractivity contribution in [2.75, 3.05) is 6.26 Å². The minimum absolute atomic E-state index is 0.209. The summed E-state index contributed by atoms with van der Waals surface area (Å²) in [5.41, 5.74) is 3.81. The normalized spacial score (nSPS) is 12.2. The molecule has 9 heteroatoms. The lowest BCUT2D eigenvalue weighted by Gasteiger charge is -2.15. The van der Waals surface area contributed by atoms with Crippen LogP contribution >= 0.6 is 0 Å². The molecule has 150 valence electrons. The van der Waals surface area contributed by atoms with Crippen molar-refractivity contribution in [3.8, 4) is 5.69 Å². The highest BCUT2D eigenvalue weighted by Gasteiger charge is 2.22. The van der Waals surface area contributed by atoms with Crippen LogP contribution in [0.2, 0.25) is 0 Å². The van der Waals surface area contributed by atoms with E-state index >= 15 is 0 Å². The van der Waals surface area contributed by atoms with Gasteiger partial charge in [0.1, 0.15) is 5.39 Å². The summed E-state index contributed by atoms with van der Waals surface area (Å²) in [5.74, 6) is 0.365. The maximum Gasteiger partial charge on any atom is 0.270 e. The van der Waals surface area contributed by atoms with Crippen molar-refractivity contribution in [1.29, 1.82) is 0 Å². The van der Waals surface area contributed by atoms with Crippen LogP contribution in [0.4, 0.5) is 0 Å². The standard InChI is InChI=1S/C21H17N5O3S/c1-12-7-6-8-13(2)17(12)26-19(27)14-11-22-20(30(3,28)29)24-18(14)25-16-10-5-4-9-15(16)23-21(25)26/h4-11H,1-3H3. The van der Waals surface area contributed by atoms with Gasteiger partial charge < -0.3 is 0 Å². The molecular weight excluding hydrogens is 402 g/mol. The van der Waals surface area contributed by atoms with Crippen molar-refractivity contribution >= 4 is 37.7 Å². The Bertz CT molecular complexity index is 1650. The van der Waals surface area contributed by atoms with E-state index in [0.717, 1.165) is 28.6 Å². The van der Waals surface area contributed by atoms with E-state index < -0.39 is 9.84 Å². The number of sulfone groups is 1. The second-order valence-corrected chi connectivity index (χ2v) is 9.19. The number of aryl methyl sites for hydroxylation is 2. The Morgan fingerprint density at radius 3 is 2.33 bits per heavy atom. The molecule has 2 aromatic carbocycles. The molecule has 0 spiro atoms. The van der Waals surface area contributed by atoms with Crippen molar-refractivity contribution in [2.45, 2.75) is 19.0 Å². The number of hydrogen-bond acceptors (Lipinski definition) is 6. The van der Waals surface area contributed by atoms with E-state index in [9.17, 15) is 13.2 Å². The summed E-state index contributed by atoms with van der Waals surface area (Å²) in [4.78, 5) is 26.4. The Hall–Kier alpha value is -3.59. The number of rotatable bonds is 2. The second-order valence-electron chi connectivity index (χ2n) is 7.28. The molecule has 0 atom stereocenters. The molecule has 0 aliphatic heterocycles. The lowest BCUT2D eigenvalue weighted by molar-refractivity contribution is 0.593. The molecule has 5 aromatic rings. The minimum Gasteiger partial charge on any atom is -0.268 e. The summed E-state index contributed by atoms with van der Waals surface area (Å²) in [6, 6.07) is 13.2. The number of benzene rings is 2. The molecule has 0 saturated carbocycles. The quantitative estimate of drug-likeness (QED) is 0.408. The van der Waals surface area contributed by atoms with Crippen LogP contribution in [0.25, 0.3) is 33.5 Å². The average molecular weight is 419 g/mol. The van der Waals surface area contributed by atoms with Gasteiger partial charge in [0, 0.05) is 12.5 Å². The molecule has 0 radical (unpaired) electrons. The smallest absolute Gasteiger partial charge is 0.268 e. The van der Waals surface area contributed by atoms with Crippen LogP contribution in [0.15, 0.2) is 58.6 Å². The first-order valence-electron chi connectivity index (χ1n) is 9.23. The summed E-state index contributed by atoms with van der Waals surface area (Å²) >= 11 is 0. The molecule has 0 bridgehead atoms. The van der Waals surface area contributed by atoms with Gasteiger partial charge in [-0.1, -0.05) is 30.3 Å². The number of para-hydroxylation sites is 3. The lowest BCUT2D eigenvalue weighted by atomic mass is 10.1. The van der Waals surface area contributed by atoms with Crippen LogP contribution in [0.1, 0.15) is 11.1 Å². The highest BCUT2D eigenvalue weighted by molar-refractivity contribution is 7.90. The monoisotopic (exact) mass is 419 g/mol. The number of nitrogens with zero attached hydrogens (tertiary/aromatic N) is 5. The molecule has 8 nitrogen and oxygen atoms in total. The number of fused-ring (bicyclic) bond motifs is 5. The fourth-order valence-electron chi connectivity index (χ4n) is 3.80. The van der Waals surface area contributed by atoms with Gasteiger partial charge in [-0.25, -0.2) is 23.0 Å². The fourth-order valence-corrected chi connectivity index (χ4v) is 4.30. The van der Waals surface area contributed by atoms with Gasteiger partial charge in [-0.3, -0.25) is 9.20 Å². The largest absolute Gasteiger partial charge is 0.270 e. The molecule has 0 fully saturated rings. The van der Waals surface area contributed by atoms with Gasteiger partial charge in [-0.2, -0.15) is 4.98 Å². The molecule has 5 rings (SSSR count). The van der Waals surface area contributed by atoms with Crippen LogP contribution < -0.4 is 5.56 Å². The van der Waals surface area contributed by atoms with Crippen LogP contribution in [0, 0.1) is 13.8 Å². The van der Waals surface area contributed by atoms with E-state index in [1.165, 1.54) is 6.20 Å². The van der Waals surface area contributed by atoms with Crippen molar-refractivity contribution in [3.05, 3.63) is 70.1 Å². The summed E-state index contributed by atoms with van der Waals surface area (Å²) in [7, 11) is -3.65. The van der Waals surface area contributed by atoms with E-state index in [1.54, 1.807) is 8.97 Å². The Morgan fingerprint density at radius 2 is 1.63 bits per heavy atom. The Labute approximate surface area is 171 Å². The molecule has 3 heterocycles. The summed E-state index contributed by atoms with van der Waals surface area (Å²) < 4.78 is 27.4. The van der Waals surface area contributed by atoms with Crippen molar-refractivity contribution in [1.82, 2.24) is 23.9 Å². The van der Waals surface area contributed by atoms with Crippen LogP contribution in [0.3, 0.4) is 0 Å². The molecule has 0 N–H and O–H groups in total. The maximum atomic E-state index is 13.6. The van der Waals surface area contributed by atoms with Gasteiger partial charge in [-0.15, -0.1) is 0 Å². The van der Waals surface area contributed by atoms with E-state index in [0.29, 0.717) is 11.3 Å². The van der Waals surface area contributed by atoms with E-state index in [1.807, 2.05) is 56.3 Å². The van der Waals surface area contributed by atoms with E-state index in [-0.39, 0.29) is 21.7 Å². The topological polar surface area (TPSA) is 99.2 Å². The summed E-state index contributed by atoms with van der Waals surface area (Å²) in [6.07, 6.45) is 2.31. The van der Waals surface area contributed by atoms with Gasteiger partial charge in [0.15, 0.2) is 5.65 Å². The molecule has 0 aliphatic carbocycles. The molecular formula is C21H17N5O3S. The van der Waals surface area contributed by atoms with Gasteiger partial charge in [-0.05, 0) is 37.1 Å². The zero-order valence-electron chi connectivity index (χ0n) is 16.5. The Kier molecular flexibility index (Phi) is 3.81. The number of hydrogen-bond donors (Lipinski definition) is 0. The molecule has 3 aromatic heterocycles. The highest BCUT2D eigenvalue weighted by atomic mass is 32.2. The van der Waals surface area contributed by atoms with Crippen molar-refractivity contribution in [3.63, 3.8) is 0 Å². The van der Waals surface area contributed by atoms with E-state index in [4.69, 9.17) is 4.98 Å². The predicted molar refractivity (Wildman–Crippen MR) is 114 cm³/mol. The van der Waals surface area contributed by atoms with Gasteiger partial charge in [0.05, 0.1) is 16.7 Å². The highest BCUT2D eigenvalue weighted by Crippen LogP contribution is 2.25. The SMILES string of the molecule is Cc1cccc(C)c1-n1c(=O)c2cnc(S(C)(=O)=O)nc2n2c3ccccc3nc12. The van der Waals surface area contributed by atoms with Crippen LogP contribution in [-0.4, -0.2) is 38.6 Å². The van der Waals surface area contributed by atoms with Crippen LogP contribution in [-0.2, 0) is 9.84 Å². The second kappa shape index (κ2) is 6.20. The maximum absolute atomic E-state index is 13.6. The first kappa shape index (κ1) is 18.4. The predicted octanol–water partition coefficient (Wildman–Crippen LogP) is 2.60. The first-order valence-corrected chi connectivity index (χ1v) is 11.1. The van der Waals surface area contributed by atoms with Crippen LogP contribution in [0.5, 0.6) is 0 Å². The first-order chi connectivity index (χ1) is 14.3. The summed E-state index contributed by atoms with van der Waals surface area (Å²) in [6.45, 7) is 3.86. The fraction of sp³-hybridized carbons (Fsp3) is 0.143. The molecule has 0 amide bonds. The minimum atomic E-state index is -3.65. The Morgan fingerprint density at radius 1 is 0.933 bits per heavy atom.